The van der Waals surface area contributed by atoms with Crippen LogP contribution in [-0.2, 0) is 16.1 Å². The molecule has 6 rings (SSSR count). The van der Waals surface area contributed by atoms with E-state index in [9.17, 15) is 24.3 Å². The predicted octanol–water partition coefficient (Wildman–Crippen LogP) is 2.94. The zero-order valence-electron chi connectivity index (χ0n) is 18.2. The van der Waals surface area contributed by atoms with Gasteiger partial charge < -0.3 is 5.11 Å². The van der Waals surface area contributed by atoms with E-state index in [2.05, 4.69) is 0 Å². The molecule has 2 aromatic carbocycles. The van der Waals surface area contributed by atoms with Crippen molar-refractivity contribution in [2.24, 2.45) is 0 Å². The summed E-state index contributed by atoms with van der Waals surface area (Å²) in [7, 11) is 0. The van der Waals surface area contributed by atoms with Crippen LogP contribution in [0, 0.1) is 0 Å². The standard InChI is InChI=1S/C26H18IN3O5/c27-18-13-21(32)17-12-19-15(22(23(17)24(18)33)16-8-4-5-9-20(16)31)10-11-28-25(34)29(26(35)30(19)28)14-6-2-1-3-7-14/h1-10,13,19,22,31H,11-12H2. The number of halogens is 1. The summed E-state index contributed by atoms with van der Waals surface area (Å²) in [6, 6.07) is 14.7. The zero-order valence-corrected chi connectivity index (χ0v) is 20.4. The number of hydrogen-bond donors (Lipinski definition) is 1. The van der Waals surface area contributed by atoms with Crippen LogP contribution >= 0.6 is 22.6 Å². The molecule has 3 aromatic rings. The minimum Gasteiger partial charge on any atom is -0.508 e. The Bertz CT molecular complexity index is 1650. The van der Waals surface area contributed by atoms with Crippen molar-refractivity contribution in [2.75, 3.05) is 0 Å². The maximum atomic E-state index is 13.6. The molecule has 2 unspecified atom stereocenters. The van der Waals surface area contributed by atoms with Crippen LogP contribution in [0.5, 0.6) is 5.75 Å². The third-order valence-corrected chi connectivity index (χ3v) is 7.66. The molecule has 0 saturated heterocycles. The normalized spacial score (nSPS) is 21.2. The first kappa shape index (κ1) is 21.8. The van der Waals surface area contributed by atoms with E-state index in [4.69, 9.17) is 0 Å². The summed E-state index contributed by atoms with van der Waals surface area (Å²) in [6.07, 6.45) is 3.26. The molecule has 0 radical (unpaired) electrons. The molecule has 2 atom stereocenters. The van der Waals surface area contributed by atoms with E-state index >= 15 is 0 Å². The lowest BCUT2D eigenvalue weighted by Gasteiger charge is -2.39. The van der Waals surface area contributed by atoms with Crippen LogP contribution in [0.3, 0.4) is 0 Å². The molecule has 35 heavy (non-hydrogen) atoms. The van der Waals surface area contributed by atoms with Gasteiger partial charge >= 0.3 is 11.4 Å². The van der Waals surface area contributed by atoms with Crippen LogP contribution in [0.2, 0.25) is 0 Å². The van der Waals surface area contributed by atoms with E-state index < -0.39 is 23.3 Å². The summed E-state index contributed by atoms with van der Waals surface area (Å²) in [6.45, 7) is 0.127. The Hall–Kier alpha value is -3.73. The molecule has 0 bridgehead atoms. The van der Waals surface area contributed by atoms with Gasteiger partial charge in [0.1, 0.15) is 5.75 Å². The SMILES string of the molecule is O=C1C=C(I)C(=O)C2=C1CC1C(=CCn3c(=O)n(-c4ccccc4)c(=O)n31)C2c1ccccc1O. The summed E-state index contributed by atoms with van der Waals surface area (Å²) in [5, 5.41) is 10.7. The molecule has 0 saturated carbocycles. The van der Waals surface area contributed by atoms with Crippen molar-refractivity contribution in [2.45, 2.75) is 24.9 Å². The number of aromatic nitrogens is 3. The number of ketones is 2. The van der Waals surface area contributed by atoms with Gasteiger partial charge in [-0.05, 0) is 46.4 Å². The molecule has 1 N–H and O–H groups in total. The number of para-hydroxylation sites is 2. The van der Waals surface area contributed by atoms with Gasteiger partial charge in [0.2, 0.25) is 0 Å². The van der Waals surface area contributed by atoms with Crippen molar-refractivity contribution >= 4 is 34.2 Å². The highest BCUT2D eigenvalue weighted by molar-refractivity contribution is 14.1. The first-order chi connectivity index (χ1) is 16.9. The monoisotopic (exact) mass is 579 g/mol. The Morgan fingerprint density at radius 2 is 1.63 bits per heavy atom. The maximum absolute atomic E-state index is 13.6. The Morgan fingerprint density at radius 1 is 0.914 bits per heavy atom. The lowest BCUT2D eigenvalue weighted by molar-refractivity contribution is -0.115. The van der Waals surface area contributed by atoms with Gasteiger partial charge in [-0.1, -0.05) is 42.5 Å². The Kier molecular flexibility index (Phi) is 4.92. The van der Waals surface area contributed by atoms with Crippen molar-refractivity contribution in [3.63, 3.8) is 0 Å². The second-order valence-electron chi connectivity index (χ2n) is 8.66. The highest BCUT2D eigenvalue weighted by atomic mass is 127. The summed E-state index contributed by atoms with van der Waals surface area (Å²) < 4.78 is 4.19. The van der Waals surface area contributed by atoms with Crippen molar-refractivity contribution in [3.8, 4) is 11.4 Å². The number of hydrogen-bond acceptors (Lipinski definition) is 5. The number of aromatic hydroxyl groups is 1. The van der Waals surface area contributed by atoms with E-state index in [1.165, 1.54) is 21.5 Å². The van der Waals surface area contributed by atoms with Crippen LogP contribution in [0.4, 0.5) is 0 Å². The van der Waals surface area contributed by atoms with Crippen molar-refractivity contribution in [3.05, 3.63) is 114 Å². The van der Waals surface area contributed by atoms with E-state index in [0.29, 0.717) is 31.5 Å². The van der Waals surface area contributed by atoms with Crippen LogP contribution in [-0.4, -0.2) is 30.6 Å². The minimum absolute atomic E-state index is 0.00660. The van der Waals surface area contributed by atoms with E-state index in [1.807, 2.05) is 28.7 Å². The Balaban J connectivity index is 1.61. The van der Waals surface area contributed by atoms with Crippen LogP contribution in [0.25, 0.3) is 5.69 Å². The molecular formula is C26H18IN3O5. The molecule has 0 fully saturated rings. The number of phenolic OH excluding ortho intramolecular Hbond substituents is 1. The number of rotatable bonds is 2. The number of phenols is 1. The van der Waals surface area contributed by atoms with Crippen molar-refractivity contribution < 1.29 is 14.7 Å². The quantitative estimate of drug-likeness (QED) is 0.286. The minimum atomic E-state index is -0.712. The lowest BCUT2D eigenvalue weighted by Crippen LogP contribution is -2.40. The lowest BCUT2D eigenvalue weighted by atomic mass is 9.68. The molecule has 0 spiro atoms. The molecule has 0 amide bonds. The summed E-state index contributed by atoms with van der Waals surface area (Å²) in [5.74, 6) is -1.27. The molecule has 3 aliphatic rings. The topological polar surface area (TPSA) is 103 Å². The van der Waals surface area contributed by atoms with Gasteiger partial charge in [-0.2, -0.15) is 0 Å². The predicted molar refractivity (Wildman–Crippen MR) is 136 cm³/mol. The van der Waals surface area contributed by atoms with Gasteiger partial charge in [-0.25, -0.2) is 23.5 Å². The second-order valence-corrected chi connectivity index (χ2v) is 9.82. The first-order valence-corrected chi connectivity index (χ1v) is 12.1. The smallest absolute Gasteiger partial charge is 0.352 e. The van der Waals surface area contributed by atoms with Gasteiger partial charge in [-0.3, -0.25) is 9.59 Å². The third kappa shape index (κ3) is 3.10. The summed E-state index contributed by atoms with van der Waals surface area (Å²) >= 11 is 1.86. The molecule has 8 nitrogen and oxygen atoms in total. The fourth-order valence-corrected chi connectivity index (χ4v) is 5.93. The molecule has 2 aliphatic carbocycles. The van der Waals surface area contributed by atoms with Gasteiger partial charge in [0.15, 0.2) is 11.6 Å². The van der Waals surface area contributed by atoms with Crippen LogP contribution in [0.1, 0.15) is 23.9 Å². The Morgan fingerprint density at radius 3 is 2.37 bits per heavy atom. The van der Waals surface area contributed by atoms with E-state index in [-0.39, 0.29) is 30.3 Å². The maximum Gasteiger partial charge on any atom is 0.352 e. The van der Waals surface area contributed by atoms with Crippen molar-refractivity contribution in [1.29, 1.82) is 0 Å². The molecule has 2 heterocycles. The molecule has 1 aromatic heterocycles. The van der Waals surface area contributed by atoms with Crippen LogP contribution < -0.4 is 11.4 Å². The van der Waals surface area contributed by atoms with Crippen molar-refractivity contribution in [1.82, 2.24) is 13.9 Å². The molecule has 174 valence electrons. The highest BCUT2D eigenvalue weighted by Gasteiger charge is 2.45. The third-order valence-electron chi connectivity index (χ3n) is 6.86. The highest BCUT2D eigenvalue weighted by Crippen LogP contribution is 2.51. The number of benzene rings is 2. The first-order valence-electron chi connectivity index (χ1n) is 11.1. The van der Waals surface area contributed by atoms with E-state index in [0.717, 1.165) is 4.57 Å². The Labute approximate surface area is 212 Å². The van der Waals surface area contributed by atoms with Gasteiger partial charge in [0, 0.05) is 35.1 Å². The number of nitrogens with zero attached hydrogens (tertiary/aromatic N) is 3. The molecule has 9 heteroatoms. The largest absolute Gasteiger partial charge is 0.508 e. The number of carbonyl (C=O) groups excluding carboxylic acids is 2. The zero-order chi connectivity index (χ0) is 24.4. The van der Waals surface area contributed by atoms with E-state index in [1.54, 1.807) is 48.5 Å². The number of allylic oxidation sites excluding steroid dienone is 6. The van der Waals surface area contributed by atoms with Gasteiger partial charge in [0.05, 0.1) is 21.9 Å². The number of Topliss-reactive ketones (excluding diaryl/α,β-unsaturated/α-hetero) is 1. The van der Waals surface area contributed by atoms with Crippen LogP contribution in [0.15, 0.2) is 96.6 Å². The number of carbonyl (C=O) groups is 2. The number of fused-ring (bicyclic) bond motifs is 3. The molecular weight excluding hydrogens is 561 g/mol. The fourth-order valence-electron chi connectivity index (χ4n) is 5.35. The summed E-state index contributed by atoms with van der Waals surface area (Å²) in [4.78, 5) is 53.2. The van der Waals surface area contributed by atoms with Gasteiger partial charge in [0.25, 0.3) is 0 Å². The molecule has 1 aliphatic heterocycles. The average molecular weight is 579 g/mol. The second kappa shape index (κ2) is 7.91. The van der Waals surface area contributed by atoms with Gasteiger partial charge in [-0.15, -0.1) is 0 Å². The average Bonchev–Trinajstić information content (AvgIpc) is 3.12. The fraction of sp³-hybridized carbons (Fsp3) is 0.154. The summed E-state index contributed by atoms with van der Waals surface area (Å²) in [5.41, 5.74) is 1.29.